The number of Topliss-reactive ketones (excluding diaryl/α,β-unsaturated/α-hetero) is 1. The van der Waals surface area contributed by atoms with E-state index in [0.717, 1.165) is 25.7 Å². The number of halogens is 1. The highest BCUT2D eigenvalue weighted by Gasteiger charge is 2.05. The van der Waals surface area contributed by atoms with Crippen LogP contribution in [0.4, 0.5) is 0 Å². The van der Waals surface area contributed by atoms with E-state index < -0.39 is 0 Å². The molecule has 0 aromatic rings. The Bertz CT molecular complexity index is 102. The first kappa shape index (κ1) is 9.70. The van der Waals surface area contributed by atoms with Gasteiger partial charge < -0.3 is 0 Å². The van der Waals surface area contributed by atoms with Crippen LogP contribution in [-0.4, -0.2) is 5.78 Å². The molecule has 1 aliphatic carbocycles. The van der Waals surface area contributed by atoms with Crippen molar-refractivity contribution in [3.63, 3.8) is 0 Å². The van der Waals surface area contributed by atoms with Crippen molar-refractivity contribution in [1.82, 2.24) is 0 Å². The second-order valence-corrected chi connectivity index (χ2v) is 2.56. The summed E-state index contributed by atoms with van der Waals surface area (Å²) in [5, 5.41) is 0. The third-order valence-electron chi connectivity index (χ3n) is 1.41. The number of ketones is 1. The highest BCUT2D eigenvalue weighted by atomic mass is 35.5. The summed E-state index contributed by atoms with van der Waals surface area (Å²) in [5.74, 6) is 0.464. The van der Waals surface area contributed by atoms with Crippen molar-refractivity contribution in [2.75, 3.05) is 0 Å². The van der Waals surface area contributed by atoms with Crippen LogP contribution in [0.25, 0.3) is 0 Å². The van der Waals surface area contributed by atoms with E-state index in [2.05, 4.69) is 6.58 Å². The molecule has 58 valence electrons. The Labute approximate surface area is 67.1 Å². The smallest absolute Gasteiger partial charge is 0.132 e. The maximum Gasteiger partial charge on any atom is 0.132 e. The van der Waals surface area contributed by atoms with Crippen molar-refractivity contribution in [3.05, 3.63) is 12.1 Å². The van der Waals surface area contributed by atoms with E-state index in [1.54, 1.807) is 0 Å². The molecular formula is C8H13ClO. The Morgan fingerprint density at radius 2 is 1.70 bits per heavy atom. The summed E-state index contributed by atoms with van der Waals surface area (Å²) in [6, 6.07) is 0. The minimum atomic E-state index is 0.464. The van der Waals surface area contributed by atoms with Crippen LogP contribution in [0.1, 0.15) is 32.1 Å². The lowest BCUT2D eigenvalue weighted by Crippen LogP contribution is -2.02. The minimum absolute atomic E-state index is 0.464. The van der Waals surface area contributed by atoms with E-state index >= 15 is 0 Å². The molecule has 0 aromatic carbocycles. The molecule has 0 saturated heterocycles. The zero-order valence-electron chi connectivity index (χ0n) is 6.11. The van der Waals surface area contributed by atoms with Gasteiger partial charge in [0, 0.05) is 12.8 Å². The molecule has 0 aromatic heterocycles. The number of hydrogen-bond acceptors (Lipinski definition) is 1. The molecule has 0 aliphatic heterocycles. The molecule has 0 radical (unpaired) electrons. The lowest BCUT2D eigenvalue weighted by molar-refractivity contribution is -0.120. The quantitative estimate of drug-likeness (QED) is 0.533. The van der Waals surface area contributed by atoms with Crippen LogP contribution >= 0.6 is 11.6 Å². The fourth-order valence-corrected chi connectivity index (χ4v) is 0.946. The van der Waals surface area contributed by atoms with E-state index in [0.29, 0.717) is 5.78 Å². The summed E-state index contributed by atoms with van der Waals surface area (Å²) < 4.78 is 0. The predicted octanol–water partition coefficient (Wildman–Crippen LogP) is 2.89. The van der Waals surface area contributed by atoms with E-state index in [4.69, 9.17) is 11.6 Å². The van der Waals surface area contributed by atoms with Gasteiger partial charge in [-0.15, -0.1) is 0 Å². The molecule has 0 unspecified atom stereocenters. The van der Waals surface area contributed by atoms with Crippen molar-refractivity contribution >= 4 is 17.4 Å². The summed E-state index contributed by atoms with van der Waals surface area (Å²) in [7, 11) is 0. The van der Waals surface area contributed by atoms with E-state index in [1.807, 2.05) is 0 Å². The summed E-state index contributed by atoms with van der Waals surface area (Å²) in [4.78, 5) is 10.5. The lowest BCUT2D eigenvalue weighted by atomic mass is 10.00. The molecule has 1 saturated carbocycles. The molecule has 0 heterocycles. The Hall–Kier alpha value is -0.300. The summed E-state index contributed by atoms with van der Waals surface area (Å²) in [6.07, 6.45) is 5.24. The van der Waals surface area contributed by atoms with Gasteiger partial charge in [-0.2, -0.15) is 0 Å². The van der Waals surface area contributed by atoms with Crippen molar-refractivity contribution in [2.45, 2.75) is 32.1 Å². The Morgan fingerprint density at radius 1 is 1.30 bits per heavy atom. The first-order valence-corrected chi connectivity index (χ1v) is 3.97. The zero-order valence-corrected chi connectivity index (χ0v) is 6.86. The van der Waals surface area contributed by atoms with Gasteiger partial charge in [0.05, 0.1) is 0 Å². The molecule has 1 rings (SSSR count). The number of hydrogen-bond donors (Lipinski definition) is 0. The van der Waals surface area contributed by atoms with Crippen molar-refractivity contribution in [3.8, 4) is 0 Å². The average molecular weight is 161 g/mol. The standard InChI is InChI=1S/C6H10O.C2H3Cl/c7-6-4-2-1-3-5-6;1-2-3/h1-5H2;2H,1H2. The molecule has 0 N–H and O–H groups in total. The van der Waals surface area contributed by atoms with Crippen molar-refractivity contribution in [2.24, 2.45) is 0 Å². The van der Waals surface area contributed by atoms with Crippen molar-refractivity contribution in [1.29, 1.82) is 0 Å². The van der Waals surface area contributed by atoms with Crippen LogP contribution in [0.3, 0.4) is 0 Å². The van der Waals surface area contributed by atoms with Crippen LogP contribution in [0.2, 0.25) is 0 Å². The van der Waals surface area contributed by atoms with Crippen molar-refractivity contribution < 1.29 is 4.79 Å². The summed E-state index contributed by atoms with van der Waals surface area (Å²) in [6.45, 7) is 3.13. The summed E-state index contributed by atoms with van der Waals surface area (Å²) in [5.41, 5.74) is 1.22. The van der Waals surface area contributed by atoms with Gasteiger partial charge in [-0.1, -0.05) is 24.6 Å². The normalized spacial score (nSPS) is 17.1. The largest absolute Gasteiger partial charge is 0.300 e. The van der Waals surface area contributed by atoms with Crippen LogP contribution in [0, 0.1) is 0 Å². The minimum Gasteiger partial charge on any atom is -0.300 e. The Morgan fingerprint density at radius 3 is 1.90 bits per heavy atom. The molecule has 1 fully saturated rings. The zero-order chi connectivity index (χ0) is 7.82. The third kappa shape index (κ3) is 5.83. The van der Waals surface area contributed by atoms with Gasteiger partial charge in [0.25, 0.3) is 0 Å². The maximum absolute atomic E-state index is 10.5. The lowest BCUT2D eigenvalue weighted by Gasteiger charge is -2.05. The fraction of sp³-hybridized carbons (Fsp3) is 0.625. The van der Waals surface area contributed by atoms with E-state index in [1.165, 1.54) is 12.0 Å². The second-order valence-electron chi connectivity index (χ2n) is 2.25. The van der Waals surface area contributed by atoms with Crippen LogP contribution in [-0.2, 0) is 4.79 Å². The van der Waals surface area contributed by atoms with Crippen LogP contribution < -0.4 is 0 Å². The Kier molecular flexibility index (Phi) is 6.61. The SMILES string of the molecule is C=CCl.O=C1CCCCC1. The van der Waals surface area contributed by atoms with E-state index in [9.17, 15) is 4.79 Å². The van der Waals surface area contributed by atoms with Crippen LogP contribution in [0.5, 0.6) is 0 Å². The molecular weight excluding hydrogens is 148 g/mol. The molecule has 10 heavy (non-hydrogen) atoms. The van der Waals surface area contributed by atoms with E-state index in [-0.39, 0.29) is 0 Å². The molecule has 1 nitrogen and oxygen atoms in total. The van der Waals surface area contributed by atoms with Gasteiger partial charge in [0.2, 0.25) is 0 Å². The average Bonchev–Trinajstić information content (AvgIpc) is 1.91. The number of carbonyl (C=O) groups excluding carboxylic acids is 1. The summed E-state index contributed by atoms with van der Waals surface area (Å²) >= 11 is 4.76. The number of carbonyl (C=O) groups is 1. The van der Waals surface area contributed by atoms with Gasteiger partial charge >= 0.3 is 0 Å². The molecule has 1 aliphatic rings. The monoisotopic (exact) mass is 160 g/mol. The first-order chi connectivity index (χ1) is 4.81. The highest BCUT2D eigenvalue weighted by Crippen LogP contribution is 2.12. The molecule has 2 heteroatoms. The highest BCUT2D eigenvalue weighted by molar-refractivity contribution is 6.25. The molecule has 0 amide bonds. The van der Waals surface area contributed by atoms with Gasteiger partial charge in [-0.05, 0) is 18.4 Å². The molecule has 0 bridgehead atoms. The second kappa shape index (κ2) is 6.81. The number of rotatable bonds is 0. The van der Waals surface area contributed by atoms with Gasteiger partial charge in [-0.3, -0.25) is 4.79 Å². The van der Waals surface area contributed by atoms with Gasteiger partial charge in [-0.25, -0.2) is 0 Å². The maximum atomic E-state index is 10.5. The topological polar surface area (TPSA) is 17.1 Å². The predicted molar refractivity (Wildman–Crippen MR) is 44.1 cm³/mol. The van der Waals surface area contributed by atoms with Crippen LogP contribution in [0.15, 0.2) is 12.1 Å². The van der Waals surface area contributed by atoms with Gasteiger partial charge in [0.15, 0.2) is 0 Å². The Balaban J connectivity index is 0.000000236. The first-order valence-electron chi connectivity index (χ1n) is 3.54. The molecule has 0 spiro atoms. The fourth-order valence-electron chi connectivity index (χ4n) is 0.946. The molecule has 0 atom stereocenters. The third-order valence-corrected chi connectivity index (χ3v) is 1.41. The van der Waals surface area contributed by atoms with Gasteiger partial charge in [0.1, 0.15) is 5.78 Å².